The van der Waals surface area contributed by atoms with Gasteiger partial charge in [0.25, 0.3) is 0 Å². The molecule has 0 aliphatic carbocycles. The third-order valence-electron chi connectivity index (χ3n) is 3.06. The summed E-state index contributed by atoms with van der Waals surface area (Å²) in [7, 11) is 0. The monoisotopic (exact) mass is 334 g/mol. The van der Waals surface area contributed by atoms with Gasteiger partial charge in [0, 0.05) is 17.4 Å². The maximum Gasteiger partial charge on any atom is 0.235 e. The first-order chi connectivity index (χ1) is 10.7. The first-order valence-corrected chi connectivity index (χ1v) is 7.54. The number of benzene rings is 1. The highest BCUT2D eigenvalue weighted by atomic mass is 35.5. The van der Waals surface area contributed by atoms with Crippen molar-refractivity contribution in [1.29, 1.82) is 0 Å². The van der Waals surface area contributed by atoms with Crippen molar-refractivity contribution in [2.45, 2.75) is 6.54 Å². The van der Waals surface area contributed by atoms with Crippen molar-refractivity contribution in [3.63, 3.8) is 0 Å². The van der Waals surface area contributed by atoms with Crippen LogP contribution in [0.3, 0.4) is 0 Å². The summed E-state index contributed by atoms with van der Waals surface area (Å²) >= 11 is 7.16. The Kier molecular flexibility index (Phi) is 3.12. The molecule has 0 radical (unpaired) electrons. The number of halogens is 2. The first kappa shape index (κ1) is 13.4. The second-order valence-electron chi connectivity index (χ2n) is 4.54. The van der Waals surface area contributed by atoms with Crippen molar-refractivity contribution in [2.75, 3.05) is 0 Å². The molecule has 0 amide bonds. The van der Waals surface area contributed by atoms with Gasteiger partial charge in [0.15, 0.2) is 5.82 Å². The van der Waals surface area contributed by atoms with Crippen LogP contribution in [0.25, 0.3) is 16.3 Å². The molecule has 3 heterocycles. The van der Waals surface area contributed by atoms with E-state index in [0.29, 0.717) is 27.9 Å². The van der Waals surface area contributed by atoms with Crippen LogP contribution in [-0.4, -0.2) is 29.6 Å². The number of rotatable bonds is 3. The van der Waals surface area contributed by atoms with Crippen molar-refractivity contribution < 1.29 is 4.39 Å². The van der Waals surface area contributed by atoms with Crippen LogP contribution in [0.1, 0.15) is 5.01 Å². The van der Waals surface area contributed by atoms with Gasteiger partial charge in [-0.1, -0.05) is 22.9 Å². The Morgan fingerprint density at radius 1 is 1.27 bits per heavy atom. The summed E-state index contributed by atoms with van der Waals surface area (Å²) in [6.07, 6.45) is 3.55. The number of hydrogen-bond donors (Lipinski definition) is 0. The average molecular weight is 335 g/mol. The van der Waals surface area contributed by atoms with Gasteiger partial charge in [-0.15, -0.1) is 10.2 Å². The quantitative estimate of drug-likeness (QED) is 0.578. The van der Waals surface area contributed by atoms with Crippen LogP contribution in [-0.2, 0) is 6.54 Å². The Labute approximate surface area is 132 Å². The summed E-state index contributed by atoms with van der Waals surface area (Å²) in [4.78, 5) is 0.603. The zero-order valence-corrected chi connectivity index (χ0v) is 12.6. The highest BCUT2D eigenvalue weighted by Gasteiger charge is 2.16. The maximum atomic E-state index is 14.0. The molecule has 22 heavy (non-hydrogen) atoms. The molecule has 4 rings (SSSR count). The van der Waals surface area contributed by atoms with Gasteiger partial charge < -0.3 is 0 Å². The minimum absolute atomic E-state index is 0.313. The van der Waals surface area contributed by atoms with Crippen LogP contribution < -0.4 is 0 Å². The molecule has 110 valence electrons. The molecule has 0 aliphatic heterocycles. The van der Waals surface area contributed by atoms with Gasteiger partial charge in [-0.3, -0.25) is 4.68 Å². The second kappa shape index (κ2) is 5.15. The fraction of sp³-hybridized carbons (Fsp3) is 0.0769. The highest BCUT2D eigenvalue weighted by Crippen LogP contribution is 2.26. The van der Waals surface area contributed by atoms with Crippen LogP contribution in [0.15, 0.2) is 36.7 Å². The Hall–Kier alpha value is -2.32. The van der Waals surface area contributed by atoms with Gasteiger partial charge in [0.1, 0.15) is 10.8 Å². The highest BCUT2D eigenvalue weighted by molar-refractivity contribution is 7.16. The molecule has 0 saturated heterocycles. The normalized spacial score (nSPS) is 11.4. The third-order valence-corrected chi connectivity index (χ3v) is 4.18. The molecule has 6 nitrogen and oxygen atoms in total. The summed E-state index contributed by atoms with van der Waals surface area (Å²) in [6, 6.07) is 6.27. The van der Waals surface area contributed by atoms with Crippen LogP contribution in [0.2, 0.25) is 5.02 Å². The predicted molar refractivity (Wildman–Crippen MR) is 80.4 cm³/mol. The lowest BCUT2D eigenvalue weighted by Gasteiger charge is -2.00. The Morgan fingerprint density at radius 2 is 2.18 bits per heavy atom. The molecule has 0 unspecified atom stereocenters. The Balaban J connectivity index is 1.77. The molecule has 0 atom stereocenters. The van der Waals surface area contributed by atoms with Crippen molar-refractivity contribution in [1.82, 2.24) is 29.6 Å². The Morgan fingerprint density at radius 3 is 2.95 bits per heavy atom. The molecule has 0 N–H and O–H groups in total. The third kappa shape index (κ3) is 2.26. The van der Waals surface area contributed by atoms with Gasteiger partial charge >= 0.3 is 0 Å². The van der Waals surface area contributed by atoms with Gasteiger partial charge in [0.05, 0.1) is 12.1 Å². The van der Waals surface area contributed by atoms with Crippen molar-refractivity contribution in [2.24, 2.45) is 0 Å². The summed E-state index contributed by atoms with van der Waals surface area (Å²) in [6.45, 7) is 0.531. The molecule has 0 bridgehead atoms. The molecule has 4 aromatic rings. The van der Waals surface area contributed by atoms with Gasteiger partial charge in [0.2, 0.25) is 4.96 Å². The minimum Gasteiger partial charge on any atom is -0.266 e. The number of hydrogen-bond acceptors (Lipinski definition) is 5. The molecule has 3 aromatic heterocycles. The van der Waals surface area contributed by atoms with E-state index in [1.54, 1.807) is 23.0 Å². The lowest BCUT2D eigenvalue weighted by molar-refractivity contribution is 0.628. The van der Waals surface area contributed by atoms with E-state index in [0.717, 1.165) is 5.01 Å². The zero-order valence-electron chi connectivity index (χ0n) is 11.0. The first-order valence-electron chi connectivity index (χ1n) is 6.35. The van der Waals surface area contributed by atoms with E-state index in [1.165, 1.54) is 21.9 Å². The van der Waals surface area contributed by atoms with Crippen LogP contribution in [0, 0.1) is 5.82 Å². The summed E-state index contributed by atoms with van der Waals surface area (Å²) in [5, 5.41) is 17.8. The lowest BCUT2D eigenvalue weighted by Crippen LogP contribution is -2.01. The van der Waals surface area contributed by atoms with Gasteiger partial charge in [-0.05, 0) is 24.3 Å². The van der Waals surface area contributed by atoms with Crippen LogP contribution in [0.4, 0.5) is 4.39 Å². The summed E-state index contributed by atoms with van der Waals surface area (Å²) < 4.78 is 17.3. The van der Waals surface area contributed by atoms with Crippen LogP contribution in [0.5, 0.6) is 0 Å². The standard InChI is InChI=1S/C13H8ClFN6S/c14-8-2-3-9(10(15)6-8)12-17-18-13-21(12)19-11(22-13)7-20-5-1-4-16-20/h1-6H,7H2. The van der Waals surface area contributed by atoms with Crippen molar-refractivity contribution >= 4 is 27.9 Å². The lowest BCUT2D eigenvalue weighted by atomic mass is 10.2. The van der Waals surface area contributed by atoms with E-state index in [9.17, 15) is 4.39 Å². The largest absolute Gasteiger partial charge is 0.266 e. The maximum absolute atomic E-state index is 14.0. The number of aromatic nitrogens is 6. The number of fused-ring (bicyclic) bond motifs is 1. The molecule has 0 spiro atoms. The van der Waals surface area contributed by atoms with Crippen molar-refractivity contribution in [3.8, 4) is 11.4 Å². The fourth-order valence-corrected chi connectivity index (χ4v) is 3.08. The molecular formula is C13H8ClFN6S. The van der Waals surface area contributed by atoms with Crippen molar-refractivity contribution in [3.05, 3.63) is 52.5 Å². The van der Waals surface area contributed by atoms with E-state index >= 15 is 0 Å². The van der Waals surface area contributed by atoms with E-state index in [1.807, 2.05) is 12.3 Å². The smallest absolute Gasteiger partial charge is 0.235 e. The Bertz CT molecular complexity index is 945. The van der Waals surface area contributed by atoms with E-state index in [-0.39, 0.29) is 0 Å². The van der Waals surface area contributed by atoms with Gasteiger partial charge in [-0.2, -0.15) is 14.7 Å². The molecular weight excluding hydrogens is 327 g/mol. The molecule has 0 aliphatic rings. The molecule has 0 fully saturated rings. The predicted octanol–water partition coefficient (Wildman–Crippen LogP) is 2.89. The molecule has 9 heteroatoms. The SMILES string of the molecule is Fc1cc(Cl)ccc1-c1nnc2sc(Cn3cccn3)nn12. The minimum atomic E-state index is -0.455. The molecule has 0 saturated carbocycles. The van der Waals surface area contributed by atoms with E-state index in [4.69, 9.17) is 11.6 Å². The molecule has 1 aromatic carbocycles. The average Bonchev–Trinajstić information content (AvgIpc) is 3.17. The van der Waals surface area contributed by atoms with E-state index in [2.05, 4.69) is 20.4 Å². The fourth-order valence-electron chi connectivity index (χ4n) is 2.09. The zero-order chi connectivity index (χ0) is 15.1. The van der Waals surface area contributed by atoms with Crippen LogP contribution >= 0.6 is 22.9 Å². The van der Waals surface area contributed by atoms with E-state index < -0.39 is 5.82 Å². The van der Waals surface area contributed by atoms with Gasteiger partial charge in [-0.25, -0.2) is 4.39 Å². The summed E-state index contributed by atoms with van der Waals surface area (Å²) in [5.74, 6) is -0.101. The topological polar surface area (TPSA) is 60.9 Å². The number of nitrogens with zero attached hydrogens (tertiary/aromatic N) is 6. The summed E-state index contributed by atoms with van der Waals surface area (Å²) in [5.41, 5.74) is 0.313. The second-order valence-corrected chi connectivity index (χ2v) is 6.02.